The van der Waals surface area contributed by atoms with E-state index in [2.05, 4.69) is 11.9 Å². The lowest BCUT2D eigenvalue weighted by Crippen LogP contribution is -2.29. The first-order chi connectivity index (χ1) is 18.4. The summed E-state index contributed by atoms with van der Waals surface area (Å²) in [6.45, 7) is 4.65. The number of carbonyl (C=O) groups excluding carboxylic acids is 2. The quantitative estimate of drug-likeness (QED) is 0.116. The van der Waals surface area contributed by atoms with E-state index in [4.69, 9.17) is 4.74 Å². The molecule has 1 atom stereocenters. The summed E-state index contributed by atoms with van der Waals surface area (Å²) in [5.74, 6) is -1.61. The molecule has 1 amide bonds. The second kappa shape index (κ2) is 10.8. The van der Waals surface area contributed by atoms with Crippen LogP contribution in [0.1, 0.15) is 48.9 Å². The van der Waals surface area contributed by atoms with Crippen LogP contribution in [0.25, 0.3) is 16.0 Å². The Morgan fingerprint density at radius 2 is 1.79 bits per heavy atom. The predicted octanol–water partition coefficient (Wildman–Crippen LogP) is 6.94. The monoisotopic (exact) mass is 530 g/mol. The van der Waals surface area contributed by atoms with Crippen LogP contribution in [0.5, 0.6) is 5.75 Å². The summed E-state index contributed by atoms with van der Waals surface area (Å²) in [4.78, 5) is 32.6. The normalized spacial score (nSPS) is 16.9. The molecular formula is C30H27FN2O4S. The number of ether oxygens (including phenoxy) is 1. The van der Waals surface area contributed by atoms with Crippen LogP contribution in [0.3, 0.4) is 0 Å². The van der Waals surface area contributed by atoms with E-state index < -0.39 is 23.5 Å². The zero-order valence-electron chi connectivity index (χ0n) is 21.1. The van der Waals surface area contributed by atoms with Crippen LogP contribution in [-0.2, 0) is 9.59 Å². The van der Waals surface area contributed by atoms with E-state index in [0.717, 1.165) is 36.2 Å². The van der Waals surface area contributed by atoms with Gasteiger partial charge in [0.25, 0.3) is 5.78 Å². The molecule has 1 aliphatic rings. The summed E-state index contributed by atoms with van der Waals surface area (Å²) in [6.07, 6.45) is 3.13. The van der Waals surface area contributed by atoms with Crippen LogP contribution in [0.15, 0.2) is 72.3 Å². The number of rotatable bonds is 8. The number of aliphatic hydroxyl groups excluding tert-OH is 1. The number of aliphatic hydroxyl groups is 1. The van der Waals surface area contributed by atoms with Crippen molar-refractivity contribution in [1.82, 2.24) is 4.98 Å². The molecule has 0 spiro atoms. The van der Waals surface area contributed by atoms with E-state index in [1.807, 2.05) is 19.1 Å². The third-order valence-corrected chi connectivity index (χ3v) is 7.54. The lowest BCUT2D eigenvalue weighted by atomic mass is 9.95. The molecule has 3 aromatic carbocycles. The van der Waals surface area contributed by atoms with Crippen LogP contribution in [0.4, 0.5) is 9.52 Å². The third kappa shape index (κ3) is 4.91. The number of fused-ring (bicyclic) bond motifs is 1. The number of hydrogen-bond acceptors (Lipinski definition) is 6. The van der Waals surface area contributed by atoms with E-state index in [1.54, 1.807) is 36.4 Å². The topological polar surface area (TPSA) is 79.7 Å². The Morgan fingerprint density at radius 1 is 1.05 bits per heavy atom. The zero-order chi connectivity index (χ0) is 26.8. The Morgan fingerprint density at radius 3 is 2.50 bits per heavy atom. The van der Waals surface area contributed by atoms with Gasteiger partial charge in [-0.3, -0.25) is 14.5 Å². The summed E-state index contributed by atoms with van der Waals surface area (Å²) in [6, 6.07) is 17.5. The molecule has 38 heavy (non-hydrogen) atoms. The molecule has 2 heterocycles. The van der Waals surface area contributed by atoms with Crippen LogP contribution < -0.4 is 9.64 Å². The molecule has 194 valence electrons. The highest BCUT2D eigenvalue weighted by Crippen LogP contribution is 2.44. The van der Waals surface area contributed by atoms with Gasteiger partial charge in [0, 0.05) is 5.56 Å². The van der Waals surface area contributed by atoms with Gasteiger partial charge in [-0.25, -0.2) is 9.37 Å². The molecule has 4 aromatic rings. The number of aromatic nitrogens is 1. The van der Waals surface area contributed by atoms with Crippen LogP contribution >= 0.6 is 11.3 Å². The summed E-state index contributed by atoms with van der Waals surface area (Å²) in [7, 11) is 0. The minimum absolute atomic E-state index is 0.0269. The molecule has 1 N–H and O–H groups in total. The molecule has 0 aliphatic carbocycles. The Hall–Kier alpha value is -4.04. The molecule has 0 radical (unpaired) electrons. The van der Waals surface area contributed by atoms with Gasteiger partial charge in [0.1, 0.15) is 17.3 Å². The van der Waals surface area contributed by atoms with E-state index in [0.29, 0.717) is 33.7 Å². The highest BCUT2D eigenvalue weighted by molar-refractivity contribution is 7.22. The van der Waals surface area contributed by atoms with Gasteiger partial charge in [-0.15, -0.1) is 0 Å². The van der Waals surface area contributed by atoms with Crippen molar-refractivity contribution >= 4 is 44.1 Å². The van der Waals surface area contributed by atoms with E-state index in [9.17, 15) is 19.1 Å². The van der Waals surface area contributed by atoms with Crippen molar-refractivity contribution in [2.45, 2.75) is 39.2 Å². The fourth-order valence-electron chi connectivity index (χ4n) is 4.49. The molecule has 0 bridgehead atoms. The smallest absolute Gasteiger partial charge is 0.301 e. The Bertz CT molecular complexity index is 1530. The number of halogens is 1. The van der Waals surface area contributed by atoms with Gasteiger partial charge < -0.3 is 9.84 Å². The number of ketones is 1. The van der Waals surface area contributed by atoms with Gasteiger partial charge in [-0.1, -0.05) is 73.1 Å². The molecule has 6 nitrogen and oxygen atoms in total. The predicted molar refractivity (Wildman–Crippen MR) is 147 cm³/mol. The summed E-state index contributed by atoms with van der Waals surface area (Å²) in [5, 5.41) is 11.5. The van der Waals surface area contributed by atoms with Crippen molar-refractivity contribution in [2.24, 2.45) is 0 Å². The van der Waals surface area contributed by atoms with Crippen LogP contribution in [-0.4, -0.2) is 28.4 Å². The first-order valence-electron chi connectivity index (χ1n) is 12.5. The maximum Gasteiger partial charge on any atom is 0.301 e. The van der Waals surface area contributed by atoms with Crippen LogP contribution in [0.2, 0.25) is 0 Å². The first kappa shape index (κ1) is 25.6. The molecule has 5 rings (SSSR count). The highest BCUT2D eigenvalue weighted by Gasteiger charge is 2.48. The number of unbranched alkanes of at least 4 members (excludes halogenated alkanes) is 2. The summed E-state index contributed by atoms with van der Waals surface area (Å²) in [5.41, 5.74) is 2.53. The van der Waals surface area contributed by atoms with Crippen molar-refractivity contribution in [2.75, 3.05) is 11.5 Å². The van der Waals surface area contributed by atoms with Gasteiger partial charge in [0.05, 0.1) is 28.4 Å². The number of aryl methyl sites for hydroxylation is 1. The van der Waals surface area contributed by atoms with Gasteiger partial charge >= 0.3 is 5.91 Å². The highest BCUT2D eigenvalue weighted by atomic mass is 32.1. The van der Waals surface area contributed by atoms with E-state index >= 15 is 0 Å². The van der Waals surface area contributed by atoms with Gasteiger partial charge in [-0.05, 0) is 49.2 Å². The van der Waals surface area contributed by atoms with Crippen molar-refractivity contribution < 1.29 is 23.8 Å². The van der Waals surface area contributed by atoms with Gasteiger partial charge in [-0.2, -0.15) is 0 Å². The average molecular weight is 531 g/mol. The number of carbonyl (C=O) groups is 2. The van der Waals surface area contributed by atoms with E-state index in [1.165, 1.54) is 23.1 Å². The van der Waals surface area contributed by atoms with Crippen molar-refractivity contribution in [3.63, 3.8) is 0 Å². The molecule has 1 aliphatic heterocycles. The minimum atomic E-state index is -0.921. The number of amides is 1. The second-order valence-corrected chi connectivity index (χ2v) is 10.3. The number of hydrogen-bond donors (Lipinski definition) is 1. The zero-order valence-corrected chi connectivity index (χ0v) is 21.9. The molecular weight excluding hydrogens is 503 g/mol. The molecule has 1 saturated heterocycles. The number of anilines is 1. The molecule has 0 saturated carbocycles. The third-order valence-electron chi connectivity index (χ3n) is 6.53. The fourth-order valence-corrected chi connectivity index (χ4v) is 5.51. The van der Waals surface area contributed by atoms with E-state index in [-0.39, 0.29) is 16.5 Å². The number of nitrogens with zero attached hydrogens (tertiary/aromatic N) is 2. The molecule has 1 unspecified atom stereocenters. The Kier molecular flexibility index (Phi) is 7.24. The second-order valence-electron chi connectivity index (χ2n) is 9.27. The lowest BCUT2D eigenvalue weighted by Gasteiger charge is -2.23. The van der Waals surface area contributed by atoms with Crippen LogP contribution in [0, 0.1) is 12.7 Å². The largest absolute Gasteiger partial charge is 0.507 e. The molecule has 1 aromatic heterocycles. The maximum atomic E-state index is 13.8. The fraction of sp³-hybridized carbons (Fsp3) is 0.233. The Labute approximate surface area is 224 Å². The maximum absolute atomic E-state index is 13.8. The number of Topliss-reactive ketones (excluding diaryl/α,β-unsaturated/α-hetero) is 1. The Balaban J connectivity index is 1.60. The number of thiazole rings is 1. The summed E-state index contributed by atoms with van der Waals surface area (Å²) >= 11 is 1.12. The van der Waals surface area contributed by atoms with Crippen molar-refractivity contribution in [3.05, 3.63) is 94.8 Å². The summed E-state index contributed by atoms with van der Waals surface area (Å²) < 4.78 is 20.2. The van der Waals surface area contributed by atoms with Crippen molar-refractivity contribution in [3.8, 4) is 5.75 Å². The SMILES string of the molecule is CCCCCOc1ccc(C2/C(=C(\O)c3ccc(C)cc3)C(=O)C(=O)N2c2nc3ccc(F)cc3s2)cc1. The minimum Gasteiger partial charge on any atom is -0.507 e. The first-order valence-corrected chi connectivity index (χ1v) is 13.4. The number of benzene rings is 3. The van der Waals surface area contributed by atoms with Gasteiger partial charge in [0.2, 0.25) is 0 Å². The average Bonchev–Trinajstić information content (AvgIpc) is 3.44. The molecule has 1 fully saturated rings. The lowest BCUT2D eigenvalue weighted by molar-refractivity contribution is -0.132. The molecule has 8 heteroatoms. The standard InChI is InChI=1S/C30H27FN2O4S/c1-3-4-5-16-37-22-13-10-19(11-14-22)26-25(27(34)20-8-6-18(2)7-9-20)28(35)29(36)33(26)30-32-23-15-12-21(31)17-24(23)38-30/h6-15,17,26,34H,3-5,16H2,1-2H3/b27-25+. The van der Waals surface area contributed by atoms with Crippen molar-refractivity contribution in [1.29, 1.82) is 0 Å². The van der Waals surface area contributed by atoms with Gasteiger partial charge in [0.15, 0.2) is 5.13 Å².